The molecule has 2 rings (SSSR count). The van der Waals surface area contributed by atoms with Crippen LogP contribution in [0.1, 0.15) is 65.2 Å². The Kier molecular flexibility index (Phi) is 7.73. The quantitative estimate of drug-likeness (QED) is 0.413. The molecule has 0 spiro atoms. The highest BCUT2D eigenvalue weighted by atomic mass is 16.1. The van der Waals surface area contributed by atoms with Crippen LogP contribution >= 0.6 is 0 Å². The van der Waals surface area contributed by atoms with Crippen LogP contribution in [-0.2, 0) is 4.79 Å². The fraction of sp³-hybridized carbons (Fsp3) is 0.714. The topological polar surface area (TPSA) is 67.5 Å². The number of carbonyl (C=O) groups excluding carboxylic acids is 1. The van der Waals surface area contributed by atoms with Crippen molar-refractivity contribution >= 4 is 11.9 Å². The minimum absolute atomic E-state index is 0.0276. The van der Waals surface area contributed by atoms with Crippen LogP contribution in [0.25, 0.3) is 0 Å². The summed E-state index contributed by atoms with van der Waals surface area (Å²) in [5, 5.41) is 2.59. The number of nitrogens with two attached hydrogens (primary N) is 1. The second kappa shape index (κ2) is 9.79. The van der Waals surface area contributed by atoms with Crippen LogP contribution in [0.5, 0.6) is 0 Å². The van der Waals surface area contributed by atoms with Gasteiger partial charge in [0.1, 0.15) is 0 Å². The molecule has 0 aromatic carbocycles. The number of amides is 1. The average molecular weight is 346 g/mol. The normalized spacial score (nSPS) is 29.1. The van der Waals surface area contributed by atoms with E-state index < -0.39 is 0 Å². The molecule has 4 atom stereocenters. The van der Waals surface area contributed by atoms with Gasteiger partial charge >= 0.3 is 0 Å². The van der Waals surface area contributed by atoms with Crippen molar-refractivity contribution < 1.29 is 4.79 Å². The average Bonchev–Trinajstić information content (AvgIpc) is 2.59. The number of hydrogen-bond acceptors (Lipinski definition) is 2. The largest absolute Gasteiger partial charge is 0.370 e. The van der Waals surface area contributed by atoms with Gasteiger partial charge in [-0.1, -0.05) is 51.3 Å². The van der Waals surface area contributed by atoms with Gasteiger partial charge in [-0.15, -0.1) is 0 Å². The number of carbonyl (C=O) groups is 1. The van der Waals surface area contributed by atoms with E-state index in [0.29, 0.717) is 12.3 Å². The van der Waals surface area contributed by atoms with Crippen LogP contribution in [0.4, 0.5) is 0 Å². The molecule has 0 saturated carbocycles. The van der Waals surface area contributed by atoms with Crippen LogP contribution in [0, 0.1) is 23.7 Å². The molecule has 1 amide bonds. The Balaban J connectivity index is 1.67. The smallest absolute Gasteiger partial charge is 0.226 e. The Morgan fingerprint density at radius 2 is 2.00 bits per heavy atom. The van der Waals surface area contributed by atoms with Crippen LogP contribution in [0.2, 0.25) is 0 Å². The lowest BCUT2D eigenvalue weighted by molar-refractivity contribution is -0.119. The first-order valence-corrected chi connectivity index (χ1v) is 9.93. The number of unbranched alkanes of at least 4 members (excludes halogenated alkanes) is 3. The maximum Gasteiger partial charge on any atom is 0.226 e. The number of fused-ring (bicyclic) bond motifs is 1. The minimum atomic E-state index is -0.0276. The molecular weight excluding hydrogens is 310 g/mol. The zero-order valence-corrected chi connectivity index (χ0v) is 16.1. The van der Waals surface area contributed by atoms with Crippen molar-refractivity contribution in [3.05, 3.63) is 23.8 Å². The van der Waals surface area contributed by atoms with Gasteiger partial charge in [0.2, 0.25) is 5.91 Å². The highest BCUT2D eigenvalue weighted by Gasteiger charge is 2.32. The summed E-state index contributed by atoms with van der Waals surface area (Å²) in [6.07, 6.45) is 16.3. The van der Waals surface area contributed by atoms with Crippen molar-refractivity contribution in [2.24, 2.45) is 34.4 Å². The van der Waals surface area contributed by atoms with E-state index in [9.17, 15) is 4.79 Å². The van der Waals surface area contributed by atoms with Crippen molar-refractivity contribution in [1.29, 1.82) is 0 Å². The molecule has 0 heterocycles. The summed E-state index contributed by atoms with van der Waals surface area (Å²) < 4.78 is 0. The third-order valence-electron chi connectivity index (χ3n) is 5.82. The number of aliphatic imine (C=N–C) groups is 1. The third-order valence-corrected chi connectivity index (χ3v) is 5.82. The summed E-state index contributed by atoms with van der Waals surface area (Å²) in [4.78, 5) is 15.4. The zero-order valence-electron chi connectivity index (χ0n) is 16.1. The zero-order chi connectivity index (χ0) is 18.2. The van der Waals surface area contributed by atoms with Gasteiger partial charge in [-0.3, -0.25) is 15.1 Å². The van der Waals surface area contributed by atoms with Gasteiger partial charge in [-0.05, 0) is 54.9 Å². The molecule has 2 aliphatic carbocycles. The molecule has 25 heavy (non-hydrogen) atoms. The summed E-state index contributed by atoms with van der Waals surface area (Å²) in [6.45, 7) is 4.71. The summed E-state index contributed by atoms with van der Waals surface area (Å²) in [5.41, 5.74) is 7.08. The van der Waals surface area contributed by atoms with Gasteiger partial charge in [0.05, 0.1) is 0 Å². The van der Waals surface area contributed by atoms with Gasteiger partial charge in [0, 0.05) is 13.5 Å². The van der Waals surface area contributed by atoms with E-state index in [4.69, 9.17) is 5.73 Å². The fourth-order valence-corrected chi connectivity index (χ4v) is 4.30. The third kappa shape index (κ3) is 6.02. The predicted octanol–water partition coefficient (Wildman–Crippen LogP) is 4.18. The van der Waals surface area contributed by atoms with Crippen LogP contribution in [0.3, 0.4) is 0 Å². The Morgan fingerprint density at radius 3 is 2.76 bits per heavy atom. The van der Waals surface area contributed by atoms with Gasteiger partial charge in [0.15, 0.2) is 5.96 Å². The van der Waals surface area contributed by atoms with Crippen LogP contribution < -0.4 is 11.1 Å². The Bertz CT molecular complexity index is 535. The molecule has 0 saturated heterocycles. The lowest BCUT2D eigenvalue weighted by Crippen LogP contribution is -2.36. The van der Waals surface area contributed by atoms with Crippen molar-refractivity contribution in [2.45, 2.75) is 65.2 Å². The highest BCUT2D eigenvalue weighted by molar-refractivity contribution is 5.95. The number of allylic oxidation sites excluding steroid dienone is 4. The summed E-state index contributed by atoms with van der Waals surface area (Å²) >= 11 is 0. The van der Waals surface area contributed by atoms with Crippen LogP contribution in [0.15, 0.2) is 28.8 Å². The Labute approximate surface area is 153 Å². The standard InChI is InChI=1S/C21H35N3O/c1-15-10-13-19-17(14-15)12-11-16(2)18(19)8-6-4-5-7-9-20(25)24-21(22)23-3/h11-12,14-16,18-19H,4-10,13H2,1-3H3,(H3,22,23,24,25)/t15-,16?,18?,19?/m1/s1. The van der Waals surface area contributed by atoms with E-state index in [2.05, 4.69) is 42.4 Å². The molecule has 2 aliphatic rings. The van der Waals surface area contributed by atoms with Crippen molar-refractivity contribution in [1.82, 2.24) is 5.32 Å². The Hall–Kier alpha value is -1.58. The summed E-state index contributed by atoms with van der Waals surface area (Å²) in [6, 6.07) is 0. The maximum atomic E-state index is 11.6. The molecule has 0 aromatic rings. The lowest BCUT2D eigenvalue weighted by Gasteiger charge is -2.38. The second-order valence-corrected chi connectivity index (χ2v) is 7.82. The molecule has 140 valence electrons. The molecule has 3 unspecified atom stereocenters. The van der Waals surface area contributed by atoms with E-state index in [1.54, 1.807) is 12.6 Å². The predicted molar refractivity (Wildman–Crippen MR) is 105 cm³/mol. The number of rotatable bonds is 7. The van der Waals surface area contributed by atoms with Crippen molar-refractivity contribution in [3.8, 4) is 0 Å². The van der Waals surface area contributed by atoms with Gasteiger partial charge in [0.25, 0.3) is 0 Å². The first-order valence-electron chi connectivity index (χ1n) is 9.93. The first kappa shape index (κ1) is 19.7. The first-order chi connectivity index (χ1) is 12.0. The lowest BCUT2D eigenvalue weighted by atomic mass is 9.67. The number of hydrogen-bond donors (Lipinski definition) is 2. The second-order valence-electron chi connectivity index (χ2n) is 7.82. The van der Waals surface area contributed by atoms with E-state index in [-0.39, 0.29) is 11.9 Å². The van der Waals surface area contributed by atoms with Gasteiger partial charge < -0.3 is 5.73 Å². The summed E-state index contributed by atoms with van der Waals surface area (Å²) in [5.74, 6) is 3.18. The summed E-state index contributed by atoms with van der Waals surface area (Å²) in [7, 11) is 1.57. The minimum Gasteiger partial charge on any atom is -0.370 e. The van der Waals surface area contributed by atoms with Gasteiger partial charge in [-0.25, -0.2) is 0 Å². The Morgan fingerprint density at radius 1 is 1.24 bits per heavy atom. The number of nitrogens with one attached hydrogen (secondary N) is 1. The van der Waals surface area contributed by atoms with Crippen molar-refractivity contribution in [3.63, 3.8) is 0 Å². The molecule has 3 N–H and O–H groups in total. The molecule has 4 heteroatoms. The van der Waals surface area contributed by atoms with Gasteiger partial charge in [-0.2, -0.15) is 0 Å². The molecular formula is C21H35N3O. The van der Waals surface area contributed by atoms with E-state index >= 15 is 0 Å². The molecule has 0 fully saturated rings. The highest BCUT2D eigenvalue weighted by Crippen LogP contribution is 2.43. The number of nitrogens with zero attached hydrogens (tertiary/aromatic N) is 1. The SMILES string of the molecule is CN=C(N)NC(=O)CCCCCCC1C(C)C=CC2=C[C@H](C)CCC21. The number of guanidine groups is 1. The van der Waals surface area contributed by atoms with Crippen molar-refractivity contribution in [2.75, 3.05) is 7.05 Å². The fourth-order valence-electron chi connectivity index (χ4n) is 4.30. The molecule has 0 aliphatic heterocycles. The molecule has 0 radical (unpaired) electrons. The molecule has 0 bridgehead atoms. The molecule has 0 aromatic heterocycles. The van der Waals surface area contributed by atoms with E-state index in [1.165, 1.54) is 32.1 Å². The monoisotopic (exact) mass is 345 g/mol. The van der Waals surface area contributed by atoms with Crippen LogP contribution in [-0.4, -0.2) is 18.9 Å². The maximum absolute atomic E-state index is 11.6. The van der Waals surface area contributed by atoms with E-state index in [1.807, 2.05) is 0 Å². The van der Waals surface area contributed by atoms with E-state index in [0.717, 1.165) is 30.6 Å². The molecule has 4 nitrogen and oxygen atoms in total.